The third-order valence-electron chi connectivity index (χ3n) is 20.6. The van der Waals surface area contributed by atoms with E-state index in [0.717, 1.165) is 107 Å². The molecule has 0 aliphatic heterocycles. The fourth-order valence-corrected chi connectivity index (χ4v) is 18.9. The van der Waals surface area contributed by atoms with E-state index in [1.165, 1.54) is 0 Å². The predicted molar refractivity (Wildman–Crippen MR) is 211 cm³/mol. The zero-order valence-electron chi connectivity index (χ0n) is 33.0. The normalized spacial score (nSPS) is 49.9. The Labute approximate surface area is 311 Å². The van der Waals surface area contributed by atoms with Crippen molar-refractivity contribution in [2.75, 3.05) is 0 Å². The average molecular weight is 683 g/mol. The molecule has 0 bridgehead atoms. The van der Waals surface area contributed by atoms with Crippen molar-refractivity contribution in [2.45, 2.75) is 205 Å². The molecule has 0 aromatic heterocycles. The van der Waals surface area contributed by atoms with Gasteiger partial charge in [-0.05, 0) is 164 Å². The topological polar surface area (TPSA) is 0 Å². The van der Waals surface area contributed by atoms with Crippen LogP contribution in [0.15, 0.2) is 0 Å². The molecule has 10 aliphatic carbocycles. The molecule has 0 aromatic rings. The van der Waals surface area contributed by atoms with Crippen molar-refractivity contribution < 1.29 is 0 Å². The summed E-state index contributed by atoms with van der Waals surface area (Å²) < 4.78 is 0. The molecular weight excluding hydrogens is 601 g/mol. The van der Waals surface area contributed by atoms with Gasteiger partial charge in [-0.1, -0.05) is 148 Å². The van der Waals surface area contributed by atoms with Crippen molar-refractivity contribution in [3.8, 4) is 0 Å². The van der Waals surface area contributed by atoms with Crippen molar-refractivity contribution in [3.05, 3.63) is 0 Å². The van der Waals surface area contributed by atoms with Crippen LogP contribution >= 0.6 is 0 Å². The summed E-state index contributed by atoms with van der Waals surface area (Å²) in [5.74, 6) is 20.3. The van der Waals surface area contributed by atoms with Gasteiger partial charge in [0.25, 0.3) is 0 Å². The van der Waals surface area contributed by atoms with E-state index in [1.807, 2.05) is 0 Å². The second-order valence-electron chi connectivity index (χ2n) is 22.4. The maximum Gasteiger partial charge on any atom is -0.0323 e. The van der Waals surface area contributed by atoms with Crippen molar-refractivity contribution in [2.24, 2.45) is 107 Å². The van der Waals surface area contributed by atoms with E-state index in [9.17, 15) is 0 Å². The van der Waals surface area contributed by atoms with Crippen LogP contribution < -0.4 is 0 Å². The quantitative estimate of drug-likeness (QED) is 0.277. The zero-order valence-corrected chi connectivity index (χ0v) is 33.0. The van der Waals surface area contributed by atoms with Crippen molar-refractivity contribution in [1.82, 2.24) is 0 Å². The van der Waals surface area contributed by atoms with Gasteiger partial charge in [0.15, 0.2) is 0 Å². The maximum atomic E-state index is 1.73. The molecule has 0 aromatic carbocycles. The molecule has 0 heterocycles. The number of rotatable bonds is 4. The molecule has 10 saturated carbocycles. The lowest BCUT2D eigenvalue weighted by atomic mass is 9.40. The van der Waals surface area contributed by atoms with Gasteiger partial charge in [0.05, 0.1) is 0 Å². The van der Waals surface area contributed by atoms with Crippen LogP contribution in [0.5, 0.6) is 0 Å². The molecule has 0 heteroatoms. The first-order valence-electron chi connectivity index (χ1n) is 24.8. The lowest BCUT2D eigenvalue weighted by Gasteiger charge is -2.65. The van der Waals surface area contributed by atoms with Crippen LogP contribution in [-0.2, 0) is 0 Å². The van der Waals surface area contributed by atoms with Crippen molar-refractivity contribution in [3.63, 3.8) is 0 Å². The monoisotopic (exact) mass is 683 g/mol. The molecule has 0 amide bonds. The molecule has 282 valence electrons. The highest BCUT2D eigenvalue weighted by molar-refractivity contribution is 5.10. The van der Waals surface area contributed by atoms with Gasteiger partial charge in [0, 0.05) is 0 Å². The van der Waals surface area contributed by atoms with Gasteiger partial charge in [-0.3, -0.25) is 0 Å². The third-order valence-corrected chi connectivity index (χ3v) is 20.6. The lowest BCUT2D eigenvalue weighted by molar-refractivity contribution is -0.166. The van der Waals surface area contributed by atoms with Gasteiger partial charge >= 0.3 is 0 Å². The first-order valence-corrected chi connectivity index (χ1v) is 24.8. The van der Waals surface area contributed by atoms with Gasteiger partial charge in [-0.25, -0.2) is 0 Å². The Balaban J connectivity index is 0.996. The Bertz CT molecular complexity index is 1080. The molecule has 14 unspecified atom stereocenters. The van der Waals surface area contributed by atoms with Crippen LogP contribution in [0.1, 0.15) is 205 Å². The SMILES string of the molecule is C1CCC(C2CC3CC4C(CC3CC2C2CCCCC2)C(C2CCCCC2)C2CC3C(CCC5CCCCC53)CC2C4C2CCCCC2)CC1. The summed E-state index contributed by atoms with van der Waals surface area (Å²) >= 11 is 0. The molecule has 0 nitrogen and oxygen atoms in total. The van der Waals surface area contributed by atoms with Gasteiger partial charge in [-0.15, -0.1) is 0 Å². The predicted octanol–water partition coefficient (Wildman–Crippen LogP) is 14.7. The molecular formula is C50H82. The highest BCUT2D eigenvalue weighted by Gasteiger charge is 2.61. The standard InChI is InChI=1S/C50H82/c1-5-15-33(16-6-1)42-28-39-30-46-47(31-40(39)29-43(42)34-17-7-2-8-18-34)50(37-22-11-4-12-23-37)48-32-44-38(26-25-35-19-13-14-24-41(35)44)27-45(48)49(46)36-20-9-3-10-21-36/h33-50H,1-32H2. The molecule has 0 radical (unpaired) electrons. The Morgan fingerprint density at radius 1 is 0.160 bits per heavy atom. The highest BCUT2D eigenvalue weighted by atomic mass is 14.7. The van der Waals surface area contributed by atoms with Crippen LogP contribution in [0.25, 0.3) is 0 Å². The highest BCUT2D eigenvalue weighted by Crippen LogP contribution is 2.68. The second-order valence-corrected chi connectivity index (χ2v) is 22.4. The lowest BCUT2D eigenvalue weighted by Crippen LogP contribution is -2.58. The van der Waals surface area contributed by atoms with Gasteiger partial charge in [0.1, 0.15) is 0 Å². The van der Waals surface area contributed by atoms with Crippen LogP contribution in [-0.4, -0.2) is 0 Å². The molecule has 10 fully saturated rings. The molecule has 50 heavy (non-hydrogen) atoms. The molecule has 0 saturated heterocycles. The van der Waals surface area contributed by atoms with Crippen molar-refractivity contribution in [1.29, 1.82) is 0 Å². The number of fused-ring (bicyclic) bond motifs is 6. The van der Waals surface area contributed by atoms with Gasteiger partial charge in [0.2, 0.25) is 0 Å². The van der Waals surface area contributed by atoms with E-state index in [1.54, 1.807) is 205 Å². The molecule has 10 rings (SSSR count). The molecule has 10 aliphatic rings. The second kappa shape index (κ2) is 15.3. The Kier molecular flexibility index (Phi) is 10.5. The van der Waals surface area contributed by atoms with Crippen molar-refractivity contribution >= 4 is 0 Å². The Morgan fingerprint density at radius 3 is 0.940 bits per heavy atom. The van der Waals surface area contributed by atoms with E-state index in [0.29, 0.717) is 0 Å². The summed E-state index contributed by atoms with van der Waals surface area (Å²) in [5, 5.41) is 0. The first-order chi connectivity index (χ1) is 24.8. The maximum absolute atomic E-state index is 1.73. The van der Waals surface area contributed by atoms with Crippen LogP contribution in [0.3, 0.4) is 0 Å². The molecule has 0 spiro atoms. The van der Waals surface area contributed by atoms with Crippen LogP contribution in [0.2, 0.25) is 0 Å². The smallest absolute Gasteiger partial charge is 0.0323 e. The minimum Gasteiger partial charge on any atom is -0.0533 e. The van der Waals surface area contributed by atoms with Crippen LogP contribution in [0, 0.1) is 107 Å². The minimum absolute atomic E-state index is 1.11. The van der Waals surface area contributed by atoms with Gasteiger partial charge in [-0.2, -0.15) is 0 Å². The fourth-order valence-electron chi connectivity index (χ4n) is 18.9. The third kappa shape index (κ3) is 6.47. The van der Waals surface area contributed by atoms with E-state index in [2.05, 4.69) is 0 Å². The van der Waals surface area contributed by atoms with Gasteiger partial charge < -0.3 is 0 Å². The van der Waals surface area contributed by atoms with Crippen LogP contribution in [0.4, 0.5) is 0 Å². The summed E-state index contributed by atoms with van der Waals surface area (Å²) in [6.07, 6.45) is 51.7. The Morgan fingerprint density at radius 2 is 0.460 bits per heavy atom. The van der Waals surface area contributed by atoms with E-state index in [4.69, 9.17) is 0 Å². The average Bonchev–Trinajstić information content (AvgIpc) is 3.19. The van der Waals surface area contributed by atoms with E-state index < -0.39 is 0 Å². The zero-order chi connectivity index (χ0) is 33.0. The summed E-state index contributed by atoms with van der Waals surface area (Å²) in [6.45, 7) is 0. The Hall–Kier alpha value is 0. The summed E-state index contributed by atoms with van der Waals surface area (Å²) in [6, 6.07) is 0. The number of hydrogen-bond acceptors (Lipinski definition) is 0. The first kappa shape index (κ1) is 34.5. The summed E-state index contributed by atoms with van der Waals surface area (Å²) in [7, 11) is 0. The summed E-state index contributed by atoms with van der Waals surface area (Å²) in [5.41, 5.74) is 0. The minimum atomic E-state index is 1.11. The number of hydrogen-bond donors (Lipinski definition) is 0. The molecule has 14 atom stereocenters. The largest absolute Gasteiger partial charge is 0.0533 e. The van der Waals surface area contributed by atoms with E-state index in [-0.39, 0.29) is 0 Å². The molecule has 0 N–H and O–H groups in total. The fraction of sp³-hybridized carbons (Fsp3) is 1.00. The van der Waals surface area contributed by atoms with E-state index >= 15 is 0 Å². The summed E-state index contributed by atoms with van der Waals surface area (Å²) in [4.78, 5) is 0.